The van der Waals surface area contributed by atoms with Gasteiger partial charge >= 0.3 is 0 Å². The zero-order chi connectivity index (χ0) is 43.6. The standard InChI is InChI=1S/C47H59N7O7S/c1-32(2)5-6-35-28-46(3,4)13-11-36(35)31-52-17-19-53(20-18-52)37-7-9-40(43(24-37)61-38-23-34-12-16-48-44(34)50-30-38)45(55)51-62(58,59)39-8-10-41(42(25-39)54(56)57)49-29-33-26-47(27-33)14-21-60-22-15-47/h7-10,12,16,23-25,30,33,49H,1,5-6,11,13-15,17-22,26-29,31H2,2-4H3,(H,48,50)(H,51,55). The van der Waals surface area contributed by atoms with Crippen LogP contribution in [0.3, 0.4) is 0 Å². The highest BCUT2D eigenvalue weighted by Gasteiger charge is 2.44. The van der Waals surface area contributed by atoms with E-state index in [0.717, 1.165) is 114 Å². The van der Waals surface area contributed by atoms with Gasteiger partial charge in [-0.05, 0) is 118 Å². The molecule has 0 radical (unpaired) electrons. The van der Waals surface area contributed by atoms with Crippen LogP contribution in [0, 0.1) is 26.9 Å². The van der Waals surface area contributed by atoms with E-state index < -0.39 is 25.7 Å². The van der Waals surface area contributed by atoms with E-state index in [1.165, 1.54) is 30.3 Å². The maximum Gasteiger partial charge on any atom is 0.293 e. The van der Waals surface area contributed by atoms with Crippen molar-refractivity contribution in [1.29, 1.82) is 0 Å². The van der Waals surface area contributed by atoms with E-state index in [4.69, 9.17) is 9.47 Å². The number of nitro benzene ring substituents is 1. The summed E-state index contributed by atoms with van der Waals surface area (Å²) in [4.78, 5) is 37.4. The Hall–Kier alpha value is -5.25. The van der Waals surface area contributed by atoms with Gasteiger partial charge in [-0.1, -0.05) is 30.6 Å². The van der Waals surface area contributed by atoms with Gasteiger partial charge in [0.1, 0.15) is 22.8 Å². The summed E-state index contributed by atoms with van der Waals surface area (Å²) < 4.78 is 41.4. The Morgan fingerprint density at radius 2 is 1.82 bits per heavy atom. The van der Waals surface area contributed by atoms with Gasteiger partial charge in [-0.2, -0.15) is 0 Å². The van der Waals surface area contributed by atoms with Crippen LogP contribution in [0.25, 0.3) is 11.0 Å². The first-order chi connectivity index (χ1) is 29.6. The first-order valence-electron chi connectivity index (χ1n) is 21.9. The van der Waals surface area contributed by atoms with E-state index in [-0.39, 0.29) is 22.7 Å². The SMILES string of the molecule is C=C(C)CCC1=C(CN2CCN(c3ccc(C(=O)NS(=O)(=O)c4ccc(NCC5CC6(CCOCC6)C5)c([N+](=O)[O-])c4)c(Oc4cnc5[nH]ccc5c4)c3)CC2)CCC(C)(C)C1. The van der Waals surface area contributed by atoms with E-state index in [1.54, 1.807) is 41.6 Å². The molecule has 1 spiro atoms. The third-order valence-corrected chi connectivity index (χ3v) is 14.7. The number of ether oxygens (including phenoxy) is 2. The second-order valence-corrected chi connectivity index (χ2v) is 20.5. The maximum absolute atomic E-state index is 13.9. The summed E-state index contributed by atoms with van der Waals surface area (Å²) >= 11 is 0. The Bertz CT molecular complexity index is 2470. The number of nitro groups is 1. The number of sulfonamides is 1. The van der Waals surface area contributed by atoms with Crippen LogP contribution in [-0.4, -0.2) is 86.6 Å². The average molecular weight is 866 g/mol. The molecule has 8 rings (SSSR count). The van der Waals surface area contributed by atoms with Gasteiger partial charge < -0.3 is 24.7 Å². The van der Waals surface area contributed by atoms with Crippen molar-refractivity contribution >= 4 is 44.0 Å². The minimum atomic E-state index is -4.54. The molecule has 3 fully saturated rings. The molecular formula is C47H59N7O7S. The predicted octanol–water partition coefficient (Wildman–Crippen LogP) is 8.99. The van der Waals surface area contributed by atoms with Crippen molar-refractivity contribution in [3.8, 4) is 11.5 Å². The van der Waals surface area contributed by atoms with Crippen molar-refractivity contribution in [2.75, 3.05) is 62.7 Å². The Morgan fingerprint density at radius 1 is 1.05 bits per heavy atom. The predicted molar refractivity (Wildman–Crippen MR) is 241 cm³/mol. The van der Waals surface area contributed by atoms with Gasteiger partial charge in [-0.15, -0.1) is 6.58 Å². The van der Waals surface area contributed by atoms with Gasteiger partial charge in [0.25, 0.3) is 21.6 Å². The van der Waals surface area contributed by atoms with Crippen LogP contribution < -0.4 is 19.7 Å². The van der Waals surface area contributed by atoms with Crippen molar-refractivity contribution < 1.29 is 27.6 Å². The first-order valence-corrected chi connectivity index (χ1v) is 23.4. The molecule has 2 aliphatic heterocycles. The highest BCUT2D eigenvalue weighted by atomic mass is 32.2. The van der Waals surface area contributed by atoms with E-state index in [1.807, 2.05) is 6.07 Å². The number of hydrogen-bond acceptors (Lipinski definition) is 11. The largest absolute Gasteiger partial charge is 0.455 e. The number of carbonyl (C=O) groups excluding carboxylic acids is 1. The monoisotopic (exact) mass is 865 g/mol. The van der Waals surface area contributed by atoms with Crippen LogP contribution >= 0.6 is 0 Å². The van der Waals surface area contributed by atoms with Crippen LogP contribution in [0.15, 0.2) is 89.1 Å². The Morgan fingerprint density at radius 3 is 2.56 bits per heavy atom. The number of anilines is 2. The van der Waals surface area contributed by atoms with E-state index in [2.05, 4.69) is 57.2 Å². The van der Waals surface area contributed by atoms with Gasteiger partial charge in [-0.25, -0.2) is 18.1 Å². The molecule has 330 valence electrons. The van der Waals surface area contributed by atoms with E-state index in [0.29, 0.717) is 34.7 Å². The van der Waals surface area contributed by atoms with Crippen molar-refractivity contribution in [3.05, 3.63) is 99.9 Å². The number of piperazine rings is 1. The fourth-order valence-corrected chi connectivity index (χ4v) is 10.8. The maximum atomic E-state index is 13.9. The van der Waals surface area contributed by atoms with Gasteiger partial charge in [-0.3, -0.25) is 19.8 Å². The third-order valence-electron chi connectivity index (χ3n) is 13.4. The van der Waals surface area contributed by atoms with Crippen LogP contribution in [0.2, 0.25) is 0 Å². The zero-order valence-electron chi connectivity index (χ0n) is 36.1. The highest BCUT2D eigenvalue weighted by molar-refractivity contribution is 7.90. The first kappa shape index (κ1) is 43.4. The third kappa shape index (κ3) is 10.0. The fraction of sp³-hybridized carbons (Fsp3) is 0.489. The number of aromatic nitrogens is 2. The number of carbonyl (C=O) groups is 1. The second kappa shape index (κ2) is 17.9. The lowest BCUT2D eigenvalue weighted by atomic mass is 9.58. The number of benzene rings is 2. The van der Waals surface area contributed by atoms with Gasteiger partial charge in [0.15, 0.2) is 0 Å². The number of fused-ring (bicyclic) bond motifs is 1. The number of amides is 1. The molecule has 4 aliphatic rings. The number of H-pyrrole nitrogens is 1. The number of hydrogen-bond donors (Lipinski definition) is 3. The number of nitrogens with one attached hydrogen (secondary N) is 3. The molecule has 3 N–H and O–H groups in total. The Labute approximate surface area is 364 Å². The molecule has 1 amide bonds. The molecular weight excluding hydrogens is 807 g/mol. The van der Waals surface area contributed by atoms with E-state index >= 15 is 0 Å². The van der Waals surface area contributed by atoms with Crippen molar-refractivity contribution in [2.24, 2.45) is 16.7 Å². The summed E-state index contributed by atoms with van der Waals surface area (Å²) in [5.41, 5.74) is 6.33. The molecule has 2 saturated heterocycles. The number of pyridine rings is 1. The lowest BCUT2D eigenvalue weighted by molar-refractivity contribution is -0.384. The molecule has 2 aromatic heterocycles. The quantitative estimate of drug-likeness (QED) is 0.0592. The topological polar surface area (TPSA) is 172 Å². The minimum absolute atomic E-state index is 0.0184. The summed E-state index contributed by atoms with van der Waals surface area (Å²) in [5.74, 6) is -0.0529. The fourth-order valence-electron chi connectivity index (χ4n) is 9.79. The van der Waals surface area contributed by atoms with Crippen molar-refractivity contribution in [2.45, 2.75) is 83.5 Å². The van der Waals surface area contributed by atoms with Crippen molar-refractivity contribution in [3.63, 3.8) is 0 Å². The molecule has 0 unspecified atom stereocenters. The molecule has 2 aromatic carbocycles. The van der Waals surface area contributed by atoms with Crippen LogP contribution in [0.4, 0.5) is 17.1 Å². The summed E-state index contributed by atoms with van der Waals surface area (Å²) in [6.45, 7) is 17.3. The number of aromatic amines is 1. The lowest BCUT2D eigenvalue weighted by Crippen LogP contribution is -2.47. The summed E-state index contributed by atoms with van der Waals surface area (Å²) in [6.07, 6.45) is 13.0. The van der Waals surface area contributed by atoms with Crippen molar-refractivity contribution in [1.82, 2.24) is 19.6 Å². The van der Waals surface area contributed by atoms with Crippen LogP contribution in [-0.2, 0) is 14.8 Å². The summed E-state index contributed by atoms with van der Waals surface area (Å²) in [5, 5.41) is 16.2. The Kier molecular flexibility index (Phi) is 12.5. The molecule has 2 aliphatic carbocycles. The van der Waals surface area contributed by atoms with Gasteiger partial charge in [0, 0.05) is 81.9 Å². The highest BCUT2D eigenvalue weighted by Crippen LogP contribution is 2.52. The van der Waals surface area contributed by atoms with Crippen LogP contribution in [0.5, 0.6) is 11.5 Å². The minimum Gasteiger partial charge on any atom is -0.455 e. The average Bonchev–Trinajstić information content (AvgIpc) is 3.70. The smallest absolute Gasteiger partial charge is 0.293 e. The molecule has 0 bridgehead atoms. The zero-order valence-corrected chi connectivity index (χ0v) is 37.0. The molecule has 0 atom stereocenters. The Balaban J connectivity index is 0.971. The van der Waals surface area contributed by atoms with E-state index in [9.17, 15) is 23.3 Å². The molecule has 4 aromatic rings. The number of nitrogens with zero attached hydrogens (tertiary/aromatic N) is 4. The molecule has 62 heavy (non-hydrogen) atoms. The van der Waals surface area contributed by atoms with Gasteiger partial charge in [0.05, 0.1) is 21.6 Å². The number of allylic oxidation sites excluding steroid dienone is 2. The normalized spacial score (nSPS) is 19.3. The van der Waals surface area contributed by atoms with Gasteiger partial charge in [0.2, 0.25) is 0 Å². The lowest BCUT2D eigenvalue weighted by Gasteiger charge is -2.50. The number of rotatable bonds is 15. The molecule has 1 saturated carbocycles. The second-order valence-electron chi connectivity index (χ2n) is 18.8. The molecule has 14 nitrogen and oxygen atoms in total. The van der Waals surface area contributed by atoms with Crippen LogP contribution in [0.1, 0.15) is 88.9 Å². The summed E-state index contributed by atoms with van der Waals surface area (Å²) in [7, 11) is -4.54. The summed E-state index contributed by atoms with van der Waals surface area (Å²) in [6, 6.07) is 12.4. The molecule has 4 heterocycles. The molecule has 15 heteroatoms.